The van der Waals surface area contributed by atoms with E-state index < -0.39 is 0 Å². The summed E-state index contributed by atoms with van der Waals surface area (Å²) >= 11 is 0. The molecule has 1 aliphatic rings. The fraction of sp³-hybridized carbons (Fsp3) is 0.650. The van der Waals surface area contributed by atoms with E-state index in [9.17, 15) is 4.79 Å². The summed E-state index contributed by atoms with van der Waals surface area (Å²) in [7, 11) is 0. The summed E-state index contributed by atoms with van der Waals surface area (Å²) in [5.74, 6) is 1.53. The van der Waals surface area contributed by atoms with Gasteiger partial charge in [-0.3, -0.25) is 9.69 Å². The van der Waals surface area contributed by atoms with Crippen LogP contribution in [0.5, 0.6) is 17.2 Å². The first-order valence-electron chi connectivity index (χ1n) is 9.73. The van der Waals surface area contributed by atoms with E-state index in [0.29, 0.717) is 55.2 Å². The lowest BCUT2D eigenvalue weighted by molar-refractivity contribution is 0.0940. The summed E-state index contributed by atoms with van der Waals surface area (Å²) in [4.78, 5) is 15.1. The standard InChI is InChI=1S/C20H32N2O4/c1-5-22-11-9-10-16(22)14-21-20(23)15-12-17(24-6-2)19(26-8-4)18(13-15)25-7-3/h12-13,16H,5-11,14H2,1-4H3,(H,21,23). The van der Waals surface area contributed by atoms with Crippen molar-refractivity contribution in [2.45, 2.75) is 46.6 Å². The molecule has 0 aliphatic carbocycles. The summed E-state index contributed by atoms with van der Waals surface area (Å²) in [6.07, 6.45) is 2.33. The number of hydrogen-bond donors (Lipinski definition) is 1. The molecule has 1 aromatic carbocycles. The fourth-order valence-electron chi connectivity index (χ4n) is 3.37. The predicted molar refractivity (Wildman–Crippen MR) is 103 cm³/mol. The Morgan fingerprint density at radius 1 is 1.08 bits per heavy atom. The largest absolute Gasteiger partial charge is 0.490 e. The van der Waals surface area contributed by atoms with Gasteiger partial charge in [0.05, 0.1) is 19.8 Å². The minimum Gasteiger partial charge on any atom is -0.490 e. The maximum atomic E-state index is 12.7. The van der Waals surface area contributed by atoms with Crippen LogP contribution >= 0.6 is 0 Å². The van der Waals surface area contributed by atoms with E-state index in [2.05, 4.69) is 17.1 Å². The summed E-state index contributed by atoms with van der Waals surface area (Å²) in [6.45, 7) is 12.2. The van der Waals surface area contributed by atoms with Crippen LogP contribution in [0.3, 0.4) is 0 Å². The Labute approximate surface area is 156 Å². The Bertz CT molecular complexity index is 564. The highest BCUT2D eigenvalue weighted by atomic mass is 16.5. The zero-order valence-corrected chi connectivity index (χ0v) is 16.5. The maximum Gasteiger partial charge on any atom is 0.251 e. The van der Waals surface area contributed by atoms with Gasteiger partial charge in [0.15, 0.2) is 11.5 Å². The van der Waals surface area contributed by atoms with Crippen LogP contribution in [0.15, 0.2) is 12.1 Å². The highest BCUT2D eigenvalue weighted by Crippen LogP contribution is 2.39. The molecule has 0 aromatic heterocycles. The number of likely N-dealkylation sites (tertiary alicyclic amines) is 1. The lowest BCUT2D eigenvalue weighted by Gasteiger charge is -2.23. The van der Waals surface area contributed by atoms with E-state index >= 15 is 0 Å². The Hall–Kier alpha value is -1.95. The van der Waals surface area contributed by atoms with Gasteiger partial charge >= 0.3 is 0 Å². The Morgan fingerprint density at radius 3 is 2.23 bits per heavy atom. The highest BCUT2D eigenvalue weighted by molar-refractivity contribution is 5.95. The average molecular weight is 364 g/mol. The molecular weight excluding hydrogens is 332 g/mol. The number of carbonyl (C=O) groups excluding carboxylic acids is 1. The van der Waals surface area contributed by atoms with Crippen LogP contribution in [0.1, 0.15) is 50.9 Å². The smallest absolute Gasteiger partial charge is 0.251 e. The van der Waals surface area contributed by atoms with Crippen molar-refractivity contribution in [3.05, 3.63) is 17.7 Å². The molecule has 1 amide bonds. The number of amides is 1. The van der Waals surface area contributed by atoms with Crippen LogP contribution in [0, 0.1) is 0 Å². The number of nitrogens with one attached hydrogen (secondary N) is 1. The van der Waals surface area contributed by atoms with E-state index in [1.165, 1.54) is 6.42 Å². The molecule has 1 N–H and O–H groups in total. The number of hydrogen-bond acceptors (Lipinski definition) is 5. The van der Waals surface area contributed by atoms with Crippen LogP contribution in [0.25, 0.3) is 0 Å². The second-order valence-electron chi connectivity index (χ2n) is 6.24. The summed E-state index contributed by atoms with van der Waals surface area (Å²) in [5.41, 5.74) is 0.529. The molecule has 146 valence electrons. The lowest BCUT2D eigenvalue weighted by atomic mass is 10.1. The molecule has 1 aromatic rings. The third-order valence-corrected chi connectivity index (χ3v) is 4.57. The van der Waals surface area contributed by atoms with Gasteiger partial charge in [0.2, 0.25) is 5.75 Å². The first-order valence-corrected chi connectivity index (χ1v) is 9.73. The van der Waals surface area contributed by atoms with Crippen LogP contribution in [0.2, 0.25) is 0 Å². The van der Waals surface area contributed by atoms with Gasteiger partial charge in [-0.1, -0.05) is 6.92 Å². The molecule has 1 unspecified atom stereocenters. The van der Waals surface area contributed by atoms with Crippen LogP contribution in [0.4, 0.5) is 0 Å². The van der Waals surface area contributed by atoms with Crippen molar-refractivity contribution in [3.8, 4) is 17.2 Å². The average Bonchev–Trinajstić information content (AvgIpc) is 3.10. The predicted octanol–water partition coefficient (Wildman–Crippen LogP) is 3.10. The number of ether oxygens (including phenoxy) is 3. The van der Waals surface area contributed by atoms with Crippen molar-refractivity contribution < 1.29 is 19.0 Å². The molecule has 0 radical (unpaired) electrons. The fourth-order valence-corrected chi connectivity index (χ4v) is 3.37. The van der Waals surface area contributed by atoms with Crippen molar-refractivity contribution in [1.29, 1.82) is 0 Å². The minimum absolute atomic E-state index is 0.113. The van der Waals surface area contributed by atoms with Crippen molar-refractivity contribution >= 4 is 5.91 Å². The first kappa shape index (κ1) is 20.4. The quantitative estimate of drug-likeness (QED) is 0.691. The van der Waals surface area contributed by atoms with E-state index in [0.717, 1.165) is 19.5 Å². The molecule has 6 nitrogen and oxygen atoms in total. The summed E-state index contributed by atoms with van der Waals surface area (Å²) in [5, 5.41) is 3.06. The number of nitrogens with zero attached hydrogens (tertiary/aromatic N) is 1. The van der Waals surface area contributed by atoms with Crippen LogP contribution < -0.4 is 19.5 Å². The Balaban J connectivity index is 2.17. The van der Waals surface area contributed by atoms with Gasteiger partial charge in [-0.15, -0.1) is 0 Å². The van der Waals surface area contributed by atoms with E-state index in [4.69, 9.17) is 14.2 Å². The second kappa shape index (κ2) is 10.3. The number of rotatable bonds is 10. The van der Waals surface area contributed by atoms with Gasteiger partial charge in [0, 0.05) is 18.2 Å². The Morgan fingerprint density at radius 2 is 1.69 bits per heavy atom. The second-order valence-corrected chi connectivity index (χ2v) is 6.24. The van der Waals surface area contributed by atoms with Gasteiger partial charge in [-0.2, -0.15) is 0 Å². The molecule has 1 aliphatic heterocycles. The molecule has 26 heavy (non-hydrogen) atoms. The number of carbonyl (C=O) groups is 1. The Kier molecular flexibility index (Phi) is 8.04. The van der Waals surface area contributed by atoms with Crippen molar-refractivity contribution in [2.75, 3.05) is 39.5 Å². The molecule has 0 bridgehead atoms. The lowest BCUT2D eigenvalue weighted by Crippen LogP contribution is -2.40. The molecule has 6 heteroatoms. The SMILES string of the molecule is CCOc1cc(C(=O)NCC2CCCN2CC)cc(OCC)c1OCC. The van der Waals surface area contributed by atoms with E-state index in [1.54, 1.807) is 12.1 Å². The summed E-state index contributed by atoms with van der Waals surface area (Å²) < 4.78 is 17.1. The number of benzene rings is 1. The maximum absolute atomic E-state index is 12.7. The van der Waals surface area contributed by atoms with Crippen molar-refractivity contribution in [2.24, 2.45) is 0 Å². The highest BCUT2D eigenvalue weighted by Gasteiger charge is 2.24. The van der Waals surface area contributed by atoms with Crippen LogP contribution in [-0.2, 0) is 0 Å². The van der Waals surface area contributed by atoms with Gasteiger partial charge in [-0.05, 0) is 58.8 Å². The third kappa shape index (κ3) is 5.04. The summed E-state index contributed by atoms with van der Waals surface area (Å²) in [6, 6.07) is 3.89. The van der Waals surface area contributed by atoms with Crippen molar-refractivity contribution in [3.63, 3.8) is 0 Å². The molecule has 1 saturated heterocycles. The first-order chi connectivity index (χ1) is 12.6. The molecule has 2 rings (SSSR count). The van der Waals surface area contributed by atoms with Crippen LogP contribution in [-0.4, -0.2) is 56.3 Å². The van der Waals surface area contributed by atoms with Gasteiger partial charge < -0.3 is 19.5 Å². The van der Waals surface area contributed by atoms with E-state index in [-0.39, 0.29) is 5.91 Å². The molecule has 1 atom stereocenters. The topological polar surface area (TPSA) is 60.0 Å². The zero-order chi connectivity index (χ0) is 18.9. The molecule has 0 saturated carbocycles. The normalized spacial score (nSPS) is 17.2. The molecule has 0 spiro atoms. The minimum atomic E-state index is -0.113. The van der Waals surface area contributed by atoms with Gasteiger partial charge in [0.1, 0.15) is 0 Å². The van der Waals surface area contributed by atoms with Gasteiger partial charge in [0.25, 0.3) is 5.91 Å². The third-order valence-electron chi connectivity index (χ3n) is 4.57. The van der Waals surface area contributed by atoms with Gasteiger partial charge in [-0.25, -0.2) is 0 Å². The van der Waals surface area contributed by atoms with E-state index in [1.807, 2.05) is 20.8 Å². The molecule has 1 fully saturated rings. The molecular formula is C20H32N2O4. The number of likely N-dealkylation sites (N-methyl/N-ethyl adjacent to an activating group) is 1. The zero-order valence-electron chi connectivity index (χ0n) is 16.5. The van der Waals surface area contributed by atoms with Crippen molar-refractivity contribution in [1.82, 2.24) is 10.2 Å². The molecule has 1 heterocycles. The monoisotopic (exact) mass is 364 g/mol.